The van der Waals surface area contributed by atoms with E-state index in [1.54, 1.807) is 0 Å². The van der Waals surface area contributed by atoms with Gasteiger partial charge in [-0.15, -0.1) is 0 Å². The molecule has 6 heteroatoms. The van der Waals surface area contributed by atoms with Crippen molar-refractivity contribution in [3.05, 3.63) is 17.5 Å². The van der Waals surface area contributed by atoms with E-state index >= 15 is 0 Å². The summed E-state index contributed by atoms with van der Waals surface area (Å²) < 4.78 is 0. The summed E-state index contributed by atoms with van der Waals surface area (Å²) in [6.07, 6.45) is 2.96. The second-order valence-electron chi connectivity index (χ2n) is 2.27. The van der Waals surface area contributed by atoms with E-state index in [-0.39, 0.29) is 18.1 Å². The second kappa shape index (κ2) is 4.61. The molecule has 2 N–H and O–H groups in total. The molecule has 0 fully saturated rings. The maximum absolute atomic E-state index is 10.2. The molecule has 0 spiro atoms. The maximum atomic E-state index is 10.2. The van der Waals surface area contributed by atoms with E-state index in [1.165, 1.54) is 12.4 Å². The monoisotopic (exact) mass is 201 g/mol. The van der Waals surface area contributed by atoms with Crippen molar-refractivity contribution >= 4 is 23.4 Å². The molecule has 1 aromatic rings. The molecule has 0 unspecified atom stereocenters. The van der Waals surface area contributed by atoms with Gasteiger partial charge in [0, 0.05) is 18.9 Å². The topological polar surface area (TPSA) is 75.1 Å². The van der Waals surface area contributed by atoms with Crippen LogP contribution in [0.4, 0.5) is 5.82 Å². The van der Waals surface area contributed by atoms with Crippen molar-refractivity contribution in [1.29, 1.82) is 0 Å². The van der Waals surface area contributed by atoms with Crippen LogP contribution in [0.25, 0.3) is 0 Å². The third-order valence-electron chi connectivity index (χ3n) is 1.28. The van der Waals surface area contributed by atoms with Crippen molar-refractivity contribution in [2.24, 2.45) is 0 Å². The van der Waals surface area contributed by atoms with Crippen LogP contribution in [0.15, 0.2) is 12.4 Å². The molecule has 0 saturated heterocycles. The molecule has 0 saturated carbocycles. The summed E-state index contributed by atoms with van der Waals surface area (Å²) >= 11 is 5.66. The summed E-state index contributed by atoms with van der Waals surface area (Å²) in [4.78, 5) is 17.8. The molecule has 5 nitrogen and oxygen atoms in total. The molecule has 1 aromatic heterocycles. The number of carboxylic acid groups (broad SMARTS) is 1. The molecule has 0 aliphatic rings. The first-order valence-corrected chi connectivity index (χ1v) is 4.00. The van der Waals surface area contributed by atoms with Crippen molar-refractivity contribution in [3.8, 4) is 0 Å². The zero-order chi connectivity index (χ0) is 9.68. The molecule has 0 aliphatic carbocycles. The van der Waals surface area contributed by atoms with E-state index in [2.05, 4.69) is 15.3 Å². The Balaban J connectivity index is 2.45. The van der Waals surface area contributed by atoms with Crippen LogP contribution in [0.5, 0.6) is 0 Å². The summed E-state index contributed by atoms with van der Waals surface area (Å²) in [6.45, 7) is 0.285. The lowest BCUT2D eigenvalue weighted by atomic mass is 10.4. The second-order valence-corrected chi connectivity index (χ2v) is 2.62. The van der Waals surface area contributed by atoms with Crippen molar-refractivity contribution < 1.29 is 9.90 Å². The number of nitrogens with zero attached hydrogens (tertiary/aromatic N) is 2. The fraction of sp³-hybridized carbons (Fsp3) is 0.286. The summed E-state index contributed by atoms with van der Waals surface area (Å²) in [5.74, 6) is -0.460. The summed E-state index contributed by atoms with van der Waals surface area (Å²) in [7, 11) is 0. The van der Waals surface area contributed by atoms with Gasteiger partial charge in [0.1, 0.15) is 0 Å². The highest BCUT2D eigenvalue weighted by atomic mass is 35.5. The smallest absolute Gasteiger partial charge is 0.305 e. The molecule has 70 valence electrons. The van der Waals surface area contributed by atoms with Gasteiger partial charge < -0.3 is 10.4 Å². The minimum atomic E-state index is -0.868. The molecule has 1 heterocycles. The molecule has 1 rings (SSSR count). The van der Waals surface area contributed by atoms with E-state index in [0.717, 1.165) is 0 Å². The van der Waals surface area contributed by atoms with E-state index in [9.17, 15) is 4.79 Å². The Kier molecular flexibility index (Phi) is 3.45. The number of anilines is 1. The molecule has 0 atom stereocenters. The highest BCUT2D eigenvalue weighted by molar-refractivity contribution is 6.31. The van der Waals surface area contributed by atoms with E-state index < -0.39 is 5.97 Å². The number of carboxylic acids is 1. The molecule has 0 bridgehead atoms. The van der Waals surface area contributed by atoms with Crippen molar-refractivity contribution in [3.63, 3.8) is 0 Å². The number of halogens is 1. The molecule has 0 radical (unpaired) electrons. The Morgan fingerprint density at radius 3 is 2.85 bits per heavy atom. The normalized spacial score (nSPS) is 9.62. The first-order chi connectivity index (χ1) is 6.20. The lowest BCUT2D eigenvalue weighted by molar-refractivity contribution is -0.136. The minimum absolute atomic E-state index is 0.0207. The zero-order valence-corrected chi connectivity index (χ0v) is 7.45. The van der Waals surface area contributed by atoms with Gasteiger partial charge in [0.25, 0.3) is 0 Å². The van der Waals surface area contributed by atoms with Crippen LogP contribution in [0, 0.1) is 0 Å². The van der Waals surface area contributed by atoms with Gasteiger partial charge in [-0.05, 0) is 0 Å². The highest BCUT2D eigenvalue weighted by Gasteiger charge is 2.01. The van der Waals surface area contributed by atoms with E-state index in [0.29, 0.717) is 5.82 Å². The first kappa shape index (κ1) is 9.73. The SMILES string of the molecule is O=C(O)CCNc1nccnc1Cl. The van der Waals surface area contributed by atoms with Gasteiger partial charge in [0.05, 0.1) is 6.42 Å². The fourth-order valence-electron chi connectivity index (χ4n) is 0.727. The fourth-order valence-corrected chi connectivity index (χ4v) is 0.899. The van der Waals surface area contributed by atoms with Crippen LogP contribution in [-0.4, -0.2) is 27.6 Å². The molecule has 0 aliphatic heterocycles. The predicted octanol–water partition coefficient (Wildman–Crippen LogP) is 1.02. The van der Waals surface area contributed by atoms with Crippen LogP contribution in [0.1, 0.15) is 6.42 Å². The molecule has 13 heavy (non-hydrogen) atoms. The van der Waals surface area contributed by atoms with E-state index in [4.69, 9.17) is 16.7 Å². The summed E-state index contributed by atoms with van der Waals surface area (Å²) in [5.41, 5.74) is 0. The van der Waals surface area contributed by atoms with Gasteiger partial charge in [0.2, 0.25) is 0 Å². The lowest BCUT2D eigenvalue weighted by Crippen LogP contribution is -2.09. The van der Waals surface area contributed by atoms with Crippen LogP contribution in [0.3, 0.4) is 0 Å². The number of nitrogens with one attached hydrogen (secondary N) is 1. The third-order valence-corrected chi connectivity index (χ3v) is 1.56. The summed E-state index contributed by atoms with van der Waals surface area (Å²) in [6, 6.07) is 0. The Labute approximate surface area is 79.8 Å². The lowest BCUT2D eigenvalue weighted by Gasteiger charge is -2.03. The number of hydrogen-bond acceptors (Lipinski definition) is 4. The Morgan fingerprint density at radius 2 is 2.23 bits per heavy atom. The quantitative estimate of drug-likeness (QED) is 0.761. The van der Waals surface area contributed by atoms with Crippen LogP contribution >= 0.6 is 11.6 Å². The van der Waals surface area contributed by atoms with Gasteiger partial charge in [-0.2, -0.15) is 0 Å². The first-order valence-electron chi connectivity index (χ1n) is 3.62. The number of aromatic nitrogens is 2. The average Bonchev–Trinajstić information content (AvgIpc) is 2.08. The maximum Gasteiger partial charge on any atom is 0.305 e. The summed E-state index contributed by atoms with van der Waals surface area (Å²) in [5, 5.41) is 11.4. The Hall–Kier alpha value is -1.36. The average molecular weight is 202 g/mol. The standard InChI is InChI=1S/C7H8ClN3O2/c8-6-7(11-4-3-9-6)10-2-1-5(12)13/h3-4H,1-2H2,(H,10,11)(H,12,13). The van der Waals surface area contributed by atoms with Crippen LogP contribution in [-0.2, 0) is 4.79 Å². The number of hydrogen-bond donors (Lipinski definition) is 2. The van der Waals surface area contributed by atoms with Gasteiger partial charge in [-0.1, -0.05) is 11.6 Å². The Morgan fingerprint density at radius 1 is 1.54 bits per heavy atom. The molecular formula is C7H8ClN3O2. The number of rotatable bonds is 4. The number of aliphatic carboxylic acids is 1. The largest absolute Gasteiger partial charge is 0.481 e. The number of carbonyl (C=O) groups is 1. The van der Waals surface area contributed by atoms with Crippen molar-refractivity contribution in [2.75, 3.05) is 11.9 Å². The zero-order valence-electron chi connectivity index (χ0n) is 6.70. The molecular weight excluding hydrogens is 194 g/mol. The molecule has 0 amide bonds. The molecule has 0 aromatic carbocycles. The van der Waals surface area contributed by atoms with Gasteiger partial charge >= 0.3 is 5.97 Å². The van der Waals surface area contributed by atoms with Crippen molar-refractivity contribution in [1.82, 2.24) is 9.97 Å². The predicted molar refractivity (Wildman–Crippen MR) is 47.8 cm³/mol. The van der Waals surface area contributed by atoms with Crippen LogP contribution < -0.4 is 5.32 Å². The van der Waals surface area contributed by atoms with E-state index in [1.807, 2.05) is 0 Å². The van der Waals surface area contributed by atoms with Gasteiger partial charge in [-0.25, -0.2) is 9.97 Å². The van der Waals surface area contributed by atoms with Gasteiger partial charge in [-0.3, -0.25) is 4.79 Å². The van der Waals surface area contributed by atoms with Gasteiger partial charge in [0.15, 0.2) is 11.0 Å². The minimum Gasteiger partial charge on any atom is -0.481 e. The highest BCUT2D eigenvalue weighted by Crippen LogP contribution is 2.13. The Bertz CT molecular complexity index is 306. The van der Waals surface area contributed by atoms with Crippen molar-refractivity contribution in [2.45, 2.75) is 6.42 Å². The third kappa shape index (κ3) is 3.25. The van der Waals surface area contributed by atoms with Crippen LogP contribution in [0.2, 0.25) is 5.15 Å².